The van der Waals surface area contributed by atoms with Gasteiger partial charge in [0.25, 0.3) is 0 Å². The molecule has 2 atom stereocenters. The Bertz CT molecular complexity index is 322. The van der Waals surface area contributed by atoms with Crippen molar-refractivity contribution in [2.75, 3.05) is 5.75 Å². The summed E-state index contributed by atoms with van der Waals surface area (Å²) in [6.45, 7) is 6.22. The lowest BCUT2D eigenvalue weighted by Gasteiger charge is -2.26. The number of sulfone groups is 1. The molecule has 4 heteroatoms. The monoisotopic (exact) mass is 247 g/mol. The second kappa shape index (κ2) is 5.05. The Morgan fingerprint density at radius 3 is 2.38 bits per heavy atom. The van der Waals surface area contributed by atoms with Crippen LogP contribution in [0.2, 0.25) is 0 Å². The number of hydrogen-bond donors (Lipinski definition) is 1. The summed E-state index contributed by atoms with van der Waals surface area (Å²) >= 11 is 0. The second-order valence-corrected chi connectivity index (χ2v) is 8.01. The van der Waals surface area contributed by atoms with Crippen LogP contribution in [0.3, 0.4) is 0 Å². The van der Waals surface area contributed by atoms with Crippen molar-refractivity contribution in [1.29, 1.82) is 0 Å². The van der Waals surface area contributed by atoms with E-state index in [4.69, 9.17) is 5.73 Å². The molecule has 1 rings (SSSR count). The van der Waals surface area contributed by atoms with Crippen LogP contribution in [0.25, 0.3) is 0 Å². The number of hydrogen-bond acceptors (Lipinski definition) is 3. The zero-order valence-electron chi connectivity index (χ0n) is 10.7. The van der Waals surface area contributed by atoms with Gasteiger partial charge in [0.2, 0.25) is 0 Å². The number of rotatable bonds is 5. The van der Waals surface area contributed by atoms with Gasteiger partial charge in [-0.05, 0) is 24.7 Å². The lowest BCUT2D eigenvalue weighted by atomic mass is 9.88. The van der Waals surface area contributed by atoms with Gasteiger partial charge in [-0.3, -0.25) is 0 Å². The average Bonchev–Trinajstić information content (AvgIpc) is 2.43. The highest BCUT2D eigenvalue weighted by Gasteiger charge is 2.45. The van der Waals surface area contributed by atoms with Crippen LogP contribution in [-0.4, -0.2) is 25.5 Å². The van der Waals surface area contributed by atoms with Gasteiger partial charge in [0.1, 0.15) is 0 Å². The predicted octanol–water partition coefficient (Wildman–Crippen LogP) is 2.11. The van der Waals surface area contributed by atoms with Gasteiger partial charge in [-0.2, -0.15) is 0 Å². The van der Waals surface area contributed by atoms with Gasteiger partial charge >= 0.3 is 0 Å². The Kier molecular flexibility index (Phi) is 4.41. The van der Waals surface area contributed by atoms with Crippen LogP contribution in [0.15, 0.2) is 0 Å². The third-order valence-corrected chi connectivity index (χ3v) is 6.18. The minimum Gasteiger partial charge on any atom is -0.326 e. The molecule has 0 aromatic rings. The quantitative estimate of drug-likeness (QED) is 0.757. The fraction of sp³-hybridized carbons (Fsp3) is 1.00. The van der Waals surface area contributed by atoms with Crippen LogP contribution in [0.1, 0.15) is 52.9 Å². The third-order valence-electron chi connectivity index (χ3n) is 3.87. The van der Waals surface area contributed by atoms with Gasteiger partial charge in [-0.25, -0.2) is 8.42 Å². The maximum Gasteiger partial charge on any atom is 0.154 e. The molecule has 16 heavy (non-hydrogen) atoms. The molecule has 0 saturated heterocycles. The zero-order valence-corrected chi connectivity index (χ0v) is 11.5. The van der Waals surface area contributed by atoms with Gasteiger partial charge in [-0.15, -0.1) is 0 Å². The van der Waals surface area contributed by atoms with Crippen LogP contribution in [0.5, 0.6) is 0 Å². The lowest BCUT2D eigenvalue weighted by molar-refractivity contribution is 0.332. The van der Waals surface area contributed by atoms with Gasteiger partial charge in [-0.1, -0.05) is 33.6 Å². The highest BCUT2D eigenvalue weighted by molar-refractivity contribution is 7.92. The maximum absolute atomic E-state index is 12.1. The Morgan fingerprint density at radius 2 is 1.94 bits per heavy atom. The molecular weight excluding hydrogens is 222 g/mol. The summed E-state index contributed by atoms with van der Waals surface area (Å²) in [6, 6.07) is -0.195. The van der Waals surface area contributed by atoms with Crippen molar-refractivity contribution < 1.29 is 8.42 Å². The SMILES string of the molecule is CCCCCS(=O)(=O)C1CCC(C)(C)C1N. The topological polar surface area (TPSA) is 60.2 Å². The van der Waals surface area contributed by atoms with E-state index in [1.54, 1.807) is 0 Å². The Morgan fingerprint density at radius 1 is 1.31 bits per heavy atom. The van der Waals surface area contributed by atoms with Crippen molar-refractivity contribution in [2.45, 2.75) is 64.2 Å². The van der Waals surface area contributed by atoms with Crippen molar-refractivity contribution in [1.82, 2.24) is 0 Å². The molecular formula is C12H25NO2S. The predicted molar refractivity (Wildman–Crippen MR) is 68.1 cm³/mol. The van der Waals surface area contributed by atoms with Gasteiger partial charge in [0.05, 0.1) is 11.0 Å². The van der Waals surface area contributed by atoms with E-state index < -0.39 is 9.84 Å². The normalized spacial score (nSPS) is 29.5. The first-order valence-corrected chi connectivity index (χ1v) is 8.00. The standard InChI is InChI=1S/C12H25NO2S/c1-4-5-6-9-16(14,15)10-7-8-12(2,3)11(10)13/h10-11H,4-9,13H2,1-3H3. The molecule has 0 aliphatic heterocycles. The van der Waals surface area contributed by atoms with Crippen molar-refractivity contribution in [3.05, 3.63) is 0 Å². The molecule has 2 unspecified atom stereocenters. The molecule has 0 heterocycles. The summed E-state index contributed by atoms with van der Waals surface area (Å²) in [5.74, 6) is 0.315. The zero-order chi connectivity index (χ0) is 12.4. The van der Waals surface area contributed by atoms with E-state index >= 15 is 0 Å². The summed E-state index contributed by atoms with van der Waals surface area (Å²) in [6.07, 6.45) is 4.49. The van der Waals surface area contributed by atoms with Crippen LogP contribution < -0.4 is 5.73 Å². The van der Waals surface area contributed by atoms with Crippen molar-refractivity contribution >= 4 is 9.84 Å². The van der Waals surface area contributed by atoms with Crippen LogP contribution >= 0.6 is 0 Å². The summed E-state index contributed by atoms with van der Waals surface area (Å²) in [5, 5.41) is -0.306. The molecule has 0 spiro atoms. The minimum absolute atomic E-state index is 0.0253. The molecule has 0 amide bonds. The van der Waals surface area contributed by atoms with Crippen molar-refractivity contribution in [2.24, 2.45) is 11.1 Å². The fourth-order valence-corrected chi connectivity index (χ4v) is 4.67. The van der Waals surface area contributed by atoms with Crippen molar-refractivity contribution in [3.63, 3.8) is 0 Å². The van der Waals surface area contributed by atoms with Crippen LogP contribution in [0, 0.1) is 5.41 Å². The first kappa shape index (κ1) is 14.0. The molecule has 1 aliphatic rings. The number of unbranched alkanes of at least 4 members (excludes halogenated alkanes) is 2. The van der Waals surface area contributed by atoms with E-state index in [1.165, 1.54) is 0 Å². The van der Waals surface area contributed by atoms with Crippen LogP contribution in [0.4, 0.5) is 0 Å². The molecule has 0 radical (unpaired) electrons. The molecule has 2 N–H and O–H groups in total. The fourth-order valence-electron chi connectivity index (χ4n) is 2.47. The molecule has 1 aliphatic carbocycles. The summed E-state index contributed by atoms with van der Waals surface area (Å²) in [5.41, 5.74) is 6.04. The third kappa shape index (κ3) is 2.98. The van der Waals surface area contributed by atoms with E-state index in [1.807, 2.05) is 0 Å². The smallest absolute Gasteiger partial charge is 0.154 e. The first-order chi connectivity index (χ1) is 7.31. The van der Waals surface area contributed by atoms with Crippen molar-refractivity contribution in [3.8, 4) is 0 Å². The van der Waals surface area contributed by atoms with Gasteiger partial charge in [0, 0.05) is 6.04 Å². The highest BCUT2D eigenvalue weighted by atomic mass is 32.2. The maximum atomic E-state index is 12.1. The van der Waals surface area contributed by atoms with E-state index in [0.717, 1.165) is 32.1 Å². The molecule has 96 valence electrons. The molecule has 0 aromatic heterocycles. The van der Waals surface area contributed by atoms with E-state index in [2.05, 4.69) is 20.8 Å². The Labute approximate surface area is 99.7 Å². The van der Waals surface area contributed by atoms with Gasteiger partial charge in [0.15, 0.2) is 9.84 Å². The first-order valence-electron chi connectivity index (χ1n) is 6.28. The summed E-state index contributed by atoms with van der Waals surface area (Å²) in [7, 11) is -2.98. The average molecular weight is 247 g/mol. The van der Waals surface area contributed by atoms with Gasteiger partial charge < -0.3 is 5.73 Å². The number of nitrogens with two attached hydrogens (primary N) is 1. The molecule has 1 fully saturated rings. The molecule has 0 bridgehead atoms. The molecule has 0 aromatic carbocycles. The molecule has 1 saturated carbocycles. The Hall–Kier alpha value is -0.0900. The highest BCUT2D eigenvalue weighted by Crippen LogP contribution is 2.39. The minimum atomic E-state index is -2.98. The lowest BCUT2D eigenvalue weighted by Crippen LogP contribution is -2.44. The summed E-state index contributed by atoms with van der Waals surface area (Å²) < 4.78 is 24.3. The van der Waals surface area contributed by atoms with E-state index in [0.29, 0.717) is 5.75 Å². The van der Waals surface area contributed by atoms with Crippen LogP contribution in [-0.2, 0) is 9.84 Å². The Balaban J connectivity index is 2.64. The summed E-state index contributed by atoms with van der Waals surface area (Å²) in [4.78, 5) is 0. The second-order valence-electron chi connectivity index (χ2n) is 5.67. The van der Waals surface area contributed by atoms with E-state index in [-0.39, 0.29) is 16.7 Å². The largest absolute Gasteiger partial charge is 0.326 e. The van der Waals surface area contributed by atoms with E-state index in [9.17, 15) is 8.42 Å². The molecule has 3 nitrogen and oxygen atoms in total.